The Kier molecular flexibility index (Phi) is 6.02. The topological polar surface area (TPSA) is 58.6 Å². The smallest absolute Gasteiger partial charge is 0.335 e. The highest BCUT2D eigenvalue weighted by molar-refractivity contribution is 6.30. The van der Waals surface area contributed by atoms with Crippen molar-refractivity contribution in [1.82, 2.24) is 5.32 Å². The summed E-state index contributed by atoms with van der Waals surface area (Å²) in [6.07, 6.45) is 0.0958. The van der Waals surface area contributed by atoms with Crippen molar-refractivity contribution in [2.45, 2.75) is 33.0 Å². The SMILES string of the molecule is CC(C)Oc1ccc(Cl)cc1CNCc1ccc(C(=O)O)cc1. The third-order valence-corrected chi connectivity index (χ3v) is 3.47. The van der Waals surface area contributed by atoms with Gasteiger partial charge in [-0.25, -0.2) is 4.79 Å². The van der Waals surface area contributed by atoms with E-state index >= 15 is 0 Å². The van der Waals surface area contributed by atoms with Crippen LogP contribution in [0, 0.1) is 0 Å². The molecule has 2 rings (SSSR count). The average Bonchev–Trinajstić information content (AvgIpc) is 2.50. The number of carboxylic acid groups (broad SMARTS) is 1. The quantitative estimate of drug-likeness (QED) is 0.800. The Labute approximate surface area is 141 Å². The van der Waals surface area contributed by atoms with E-state index in [4.69, 9.17) is 21.4 Å². The number of hydrogen-bond acceptors (Lipinski definition) is 3. The highest BCUT2D eigenvalue weighted by Gasteiger charge is 2.07. The number of benzene rings is 2. The molecule has 0 radical (unpaired) electrons. The van der Waals surface area contributed by atoms with Crippen LogP contribution in [0.4, 0.5) is 0 Å². The van der Waals surface area contributed by atoms with Gasteiger partial charge in [-0.05, 0) is 49.7 Å². The lowest BCUT2D eigenvalue weighted by atomic mass is 10.1. The molecule has 4 nitrogen and oxygen atoms in total. The maximum atomic E-state index is 10.8. The van der Waals surface area contributed by atoms with Gasteiger partial charge in [0.1, 0.15) is 5.75 Å². The molecule has 0 atom stereocenters. The fraction of sp³-hybridized carbons (Fsp3) is 0.278. The maximum Gasteiger partial charge on any atom is 0.335 e. The van der Waals surface area contributed by atoms with Crippen LogP contribution in [0.5, 0.6) is 5.75 Å². The maximum absolute atomic E-state index is 10.8. The first-order valence-corrected chi connectivity index (χ1v) is 7.81. The molecule has 2 aromatic rings. The Morgan fingerprint density at radius 1 is 1.17 bits per heavy atom. The summed E-state index contributed by atoms with van der Waals surface area (Å²) in [6, 6.07) is 12.4. The molecule has 5 heteroatoms. The molecule has 0 bridgehead atoms. The van der Waals surface area contributed by atoms with Gasteiger partial charge in [-0.3, -0.25) is 0 Å². The molecule has 0 aromatic heterocycles. The molecule has 122 valence electrons. The second-order valence-corrected chi connectivity index (χ2v) is 5.96. The lowest BCUT2D eigenvalue weighted by Gasteiger charge is -2.15. The first kappa shape index (κ1) is 17.3. The summed E-state index contributed by atoms with van der Waals surface area (Å²) in [5.41, 5.74) is 2.30. The molecule has 2 N–H and O–H groups in total. The zero-order valence-electron chi connectivity index (χ0n) is 13.2. The molecule has 2 aromatic carbocycles. The van der Waals surface area contributed by atoms with Gasteiger partial charge in [-0.2, -0.15) is 0 Å². The van der Waals surface area contributed by atoms with Crippen LogP contribution in [0.15, 0.2) is 42.5 Å². The van der Waals surface area contributed by atoms with Crippen LogP contribution < -0.4 is 10.1 Å². The van der Waals surface area contributed by atoms with Crippen molar-refractivity contribution in [2.24, 2.45) is 0 Å². The summed E-state index contributed by atoms with van der Waals surface area (Å²) < 4.78 is 5.78. The summed E-state index contributed by atoms with van der Waals surface area (Å²) in [5.74, 6) is -0.1000. The van der Waals surface area contributed by atoms with Crippen molar-refractivity contribution in [3.8, 4) is 5.75 Å². The van der Waals surface area contributed by atoms with E-state index in [0.717, 1.165) is 16.9 Å². The van der Waals surface area contributed by atoms with E-state index in [2.05, 4.69) is 5.32 Å². The minimum atomic E-state index is -0.918. The van der Waals surface area contributed by atoms with E-state index in [-0.39, 0.29) is 11.7 Å². The molecule has 0 spiro atoms. The van der Waals surface area contributed by atoms with E-state index in [1.165, 1.54) is 0 Å². The summed E-state index contributed by atoms with van der Waals surface area (Å²) in [7, 11) is 0. The molecule has 0 saturated heterocycles. The fourth-order valence-corrected chi connectivity index (χ4v) is 2.36. The van der Waals surface area contributed by atoms with Crippen LogP contribution in [0.25, 0.3) is 0 Å². The second kappa shape index (κ2) is 7.99. The first-order valence-electron chi connectivity index (χ1n) is 7.43. The third-order valence-electron chi connectivity index (χ3n) is 3.23. The molecule has 0 heterocycles. The highest BCUT2D eigenvalue weighted by Crippen LogP contribution is 2.24. The predicted molar refractivity (Wildman–Crippen MR) is 91.2 cm³/mol. The van der Waals surface area contributed by atoms with Crippen molar-refractivity contribution in [2.75, 3.05) is 0 Å². The molecule has 0 aliphatic carbocycles. The molecule has 23 heavy (non-hydrogen) atoms. The van der Waals surface area contributed by atoms with Gasteiger partial charge in [0.25, 0.3) is 0 Å². The van der Waals surface area contributed by atoms with Crippen molar-refractivity contribution >= 4 is 17.6 Å². The third kappa shape index (κ3) is 5.27. The van der Waals surface area contributed by atoms with Crippen molar-refractivity contribution < 1.29 is 14.6 Å². The number of aromatic carboxylic acids is 1. The van der Waals surface area contributed by atoms with Gasteiger partial charge < -0.3 is 15.2 Å². The van der Waals surface area contributed by atoms with Crippen LogP contribution in [-0.4, -0.2) is 17.2 Å². The summed E-state index contributed by atoms with van der Waals surface area (Å²) >= 11 is 6.06. The number of ether oxygens (including phenoxy) is 1. The fourth-order valence-electron chi connectivity index (χ4n) is 2.16. The van der Waals surface area contributed by atoms with Crippen LogP contribution in [-0.2, 0) is 13.1 Å². The van der Waals surface area contributed by atoms with Gasteiger partial charge >= 0.3 is 5.97 Å². The molecule has 0 aliphatic heterocycles. The van der Waals surface area contributed by atoms with Gasteiger partial charge in [0.15, 0.2) is 0 Å². The Morgan fingerprint density at radius 2 is 1.87 bits per heavy atom. The average molecular weight is 334 g/mol. The summed E-state index contributed by atoms with van der Waals surface area (Å²) in [5, 5.41) is 12.9. The van der Waals surface area contributed by atoms with E-state index in [1.54, 1.807) is 24.3 Å². The minimum Gasteiger partial charge on any atom is -0.491 e. The number of halogens is 1. The highest BCUT2D eigenvalue weighted by atomic mass is 35.5. The summed E-state index contributed by atoms with van der Waals surface area (Å²) in [4.78, 5) is 10.8. The lowest BCUT2D eigenvalue weighted by molar-refractivity contribution is 0.0697. The normalized spacial score (nSPS) is 10.8. The Bertz CT molecular complexity index is 668. The van der Waals surface area contributed by atoms with Crippen LogP contribution in [0.3, 0.4) is 0 Å². The lowest BCUT2D eigenvalue weighted by Crippen LogP contribution is -2.15. The number of hydrogen-bond donors (Lipinski definition) is 2. The van der Waals surface area contributed by atoms with Gasteiger partial charge in [0.05, 0.1) is 11.7 Å². The van der Waals surface area contributed by atoms with Crippen LogP contribution in [0.2, 0.25) is 5.02 Å². The predicted octanol–water partition coefficient (Wildman–Crippen LogP) is 4.12. The van der Waals surface area contributed by atoms with Crippen molar-refractivity contribution in [1.29, 1.82) is 0 Å². The molecular formula is C18H20ClNO3. The molecular weight excluding hydrogens is 314 g/mol. The van der Waals surface area contributed by atoms with Gasteiger partial charge in [0.2, 0.25) is 0 Å². The van der Waals surface area contributed by atoms with E-state index < -0.39 is 5.97 Å². The summed E-state index contributed by atoms with van der Waals surface area (Å²) in [6.45, 7) is 5.21. The number of rotatable bonds is 7. The zero-order valence-corrected chi connectivity index (χ0v) is 13.9. The van der Waals surface area contributed by atoms with E-state index in [1.807, 2.05) is 32.0 Å². The van der Waals surface area contributed by atoms with Crippen LogP contribution >= 0.6 is 11.6 Å². The second-order valence-electron chi connectivity index (χ2n) is 5.52. The Hall–Kier alpha value is -2.04. The monoisotopic (exact) mass is 333 g/mol. The molecule has 0 saturated carbocycles. The van der Waals surface area contributed by atoms with Gasteiger partial charge in [-0.15, -0.1) is 0 Å². The Morgan fingerprint density at radius 3 is 2.48 bits per heavy atom. The van der Waals surface area contributed by atoms with Crippen molar-refractivity contribution in [3.63, 3.8) is 0 Å². The minimum absolute atomic E-state index is 0.0958. The van der Waals surface area contributed by atoms with E-state index in [0.29, 0.717) is 18.1 Å². The number of carboxylic acids is 1. The first-order chi connectivity index (χ1) is 11.0. The van der Waals surface area contributed by atoms with Crippen LogP contribution in [0.1, 0.15) is 35.3 Å². The standard InChI is InChI=1S/C18H20ClNO3/c1-12(2)23-17-8-7-16(19)9-15(17)11-20-10-13-3-5-14(6-4-13)18(21)22/h3-9,12,20H,10-11H2,1-2H3,(H,21,22). The van der Waals surface area contributed by atoms with Gasteiger partial charge in [-0.1, -0.05) is 23.7 Å². The number of carbonyl (C=O) groups is 1. The molecule has 0 aliphatic rings. The zero-order chi connectivity index (χ0) is 16.8. The number of nitrogens with one attached hydrogen (secondary N) is 1. The van der Waals surface area contributed by atoms with E-state index in [9.17, 15) is 4.79 Å². The molecule has 0 unspecified atom stereocenters. The largest absolute Gasteiger partial charge is 0.491 e. The van der Waals surface area contributed by atoms with Crippen molar-refractivity contribution in [3.05, 3.63) is 64.2 Å². The Balaban J connectivity index is 1.97. The van der Waals surface area contributed by atoms with Gasteiger partial charge in [0, 0.05) is 23.7 Å². The molecule has 0 fully saturated rings. The molecule has 0 amide bonds.